The fourth-order valence-corrected chi connectivity index (χ4v) is 3.11. The summed E-state index contributed by atoms with van der Waals surface area (Å²) in [5.74, 6) is -0.876. The SMILES string of the molecule is O=C(O)c1sc2nccn2c1CCc1ccccc1. The molecule has 0 aliphatic carbocycles. The van der Waals surface area contributed by atoms with E-state index in [1.54, 1.807) is 6.20 Å². The molecule has 0 amide bonds. The Bertz CT molecular complexity index is 715. The van der Waals surface area contributed by atoms with Gasteiger partial charge in [0.15, 0.2) is 4.96 Å². The van der Waals surface area contributed by atoms with Crippen LogP contribution in [0.4, 0.5) is 0 Å². The number of fused-ring (bicyclic) bond motifs is 1. The topological polar surface area (TPSA) is 54.6 Å². The van der Waals surface area contributed by atoms with Gasteiger partial charge in [-0.3, -0.25) is 4.40 Å². The molecule has 0 aliphatic rings. The van der Waals surface area contributed by atoms with Crippen LogP contribution in [-0.4, -0.2) is 20.5 Å². The average Bonchev–Trinajstić information content (AvgIpc) is 2.98. The first-order valence-electron chi connectivity index (χ1n) is 5.97. The second kappa shape index (κ2) is 4.85. The van der Waals surface area contributed by atoms with Crippen molar-refractivity contribution in [3.8, 4) is 0 Å². The molecule has 0 saturated carbocycles. The number of hydrogen-bond donors (Lipinski definition) is 1. The monoisotopic (exact) mass is 272 g/mol. The van der Waals surface area contributed by atoms with Gasteiger partial charge in [0.05, 0.1) is 0 Å². The third-order valence-corrected chi connectivity index (χ3v) is 4.14. The Labute approximate surface area is 114 Å². The summed E-state index contributed by atoms with van der Waals surface area (Å²) < 4.78 is 1.87. The Morgan fingerprint density at radius 2 is 2.05 bits per heavy atom. The molecule has 0 saturated heterocycles. The molecule has 0 fully saturated rings. The van der Waals surface area contributed by atoms with Crippen LogP contribution in [-0.2, 0) is 12.8 Å². The zero-order valence-electron chi connectivity index (χ0n) is 10.1. The number of nitrogens with zero attached hydrogens (tertiary/aromatic N) is 2. The summed E-state index contributed by atoms with van der Waals surface area (Å²) in [7, 11) is 0. The molecule has 3 rings (SSSR count). The van der Waals surface area contributed by atoms with Crippen molar-refractivity contribution in [2.75, 3.05) is 0 Å². The molecule has 2 aromatic heterocycles. The number of imidazole rings is 1. The van der Waals surface area contributed by atoms with E-state index < -0.39 is 5.97 Å². The van der Waals surface area contributed by atoms with E-state index in [-0.39, 0.29) is 0 Å². The zero-order valence-corrected chi connectivity index (χ0v) is 10.9. The van der Waals surface area contributed by atoms with Crippen LogP contribution >= 0.6 is 11.3 Å². The Morgan fingerprint density at radius 3 is 2.79 bits per heavy atom. The minimum Gasteiger partial charge on any atom is -0.477 e. The van der Waals surface area contributed by atoms with Crippen LogP contribution < -0.4 is 0 Å². The molecule has 3 aromatic rings. The maximum Gasteiger partial charge on any atom is 0.347 e. The van der Waals surface area contributed by atoms with Gasteiger partial charge in [-0.1, -0.05) is 41.7 Å². The molecular formula is C14H12N2O2S. The van der Waals surface area contributed by atoms with Gasteiger partial charge in [0.25, 0.3) is 0 Å². The number of carbonyl (C=O) groups is 1. The highest BCUT2D eigenvalue weighted by molar-refractivity contribution is 7.18. The fraction of sp³-hybridized carbons (Fsp3) is 0.143. The Morgan fingerprint density at radius 1 is 1.26 bits per heavy atom. The maximum atomic E-state index is 11.3. The van der Waals surface area contributed by atoms with E-state index >= 15 is 0 Å². The van der Waals surface area contributed by atoms with Crippen molar-refractivity contribution in [3.05, 3.63) is 58.9 Å². The molecule has 0 aliphatic heterocycles. The molecule has 4 nitrogen and oxygen atoms in total. The largest absolute Gasteiger partial charge is 0.477 e. The first-order chi connectivity index (χ1) is 9.25. The Hall–Kier alpha value is -2.14. The number of carboxylic acids is 1. The van der Waals surface area contributed by atoms with E-state index in [9.17, 15) is 9.90 Å². The van der Waals surface area contributed by atoms with E-state index in [0.717, 1.165) is 17.1 Å². The summed E-state index contributed by atoms with van der Waals surface area (Å²) in [5.41, 5.74) is 2.03. The van der Waals surface area contributed by atoms with E-state index in [1.807, 2.05) is 28.8 Å². The third kappa shape index (κ3) is 2.24. The van der Waals surface area contributed by atoms with Crippen molar-refractivity contribution < 1.29 is 9.90 Å². The van der Waals surface area contributed by atoms with Gasteiger partial charge < -0.3 is 5.11 Å². The third-order valence-electron chi connectivity index (χ3n) is 3.04. The number of aryl methyl sites for hydroxylation is 2. The summed E-state index contributed by atoms with van der Waals surface area (Å²) in [6.45, 7) is 0. The molecule has 0 atom stereocenters. The summed E-state index contributed by atoms with van der Waals surface area (Å²) in [6.07, 6.45) is 5.04. The van der Waals surface area contributed by atoms with E-state index in [2.05, 4.69) is 17.1 Å². The second-order valence-electron chi connectivity index (χ2n) is 4.25. The smallest absolute Gasteiger partial charge is 0.347 e. The van der Waals surface area contributed by atoms with Crippen LogP contribution in [0.25, 0.3) is 4.96 Å². The molecule has 0 radical (unpaired) electrons. The number of rotatable bonds is 4. The van der Waals surface area contributed by atoms with Gasteiger partial charge in [-0.15, -0.1) is 0 Å². The molecular weight excluding hydrogens is 260 g/mol. The van der Waals surface area contributed by atoms with Crippen molar-refractivity contribution in [2.45, 2.75) is 12.8 Å². The number of benzene rings is 1. The van der Waals surface area contributed by atoms with Gasteiger partial charge in [-0.2, -0.15) is 0 Å². The first kappa shape index (κ1) is 11.9. The lowest BCUT2D eigenvalue weighted by Crippen LogP contribution is -2.03. The zero-order chi connectivity index (χ0) is 13.2. The number of carboxylic acid groups (broad SMARTS) is 1. The Kier molecular flexibility index (Phi) is 3.05. The number of aromatic nitrogens is 2. The molecule has 1 N–H and O–H groups in total. The standard InChI is InChI=1S/C14H12N2O2S/c17-13(18)12-11(16-9-8-15-14(16)19-12)7-6-10-4-2-1-3-5-10/h1-5,8-9H,6-7H2,(H,17,18). The highest BCUT2D eigenvalue weighted by Gasteiger charge is 2.17. The normalized spacial score (nSPS) is 10.9. The summed E-state index contributed by atoms with van der Waals surface area (Å²) in [6, 6.07) is 10.1. The fourth-order valence-electron chi connectivity index (χ4n) is 2.14. The van der Waals surface area contributed by atoms with Crippen molar-refractivity contribution >= 4 is 22.3 Å². The lowest BCUT2D eigenvalue weighted by molar-refractivity contribution is 0.0700. The number of aromatic carboxylic acids is 1. The summed E-state index contributed by atoms with van der Waals surface area (Å²) >= 11 is 1.23. The van der Waals surface area contributed by atoms with Gasteiger partial charge in [0.2, 0.25) is 0 Å². The minimum absolute atomic E-state index is 0.388. The lowest BCUT2D eigenvalue weighted by atomic mass is 10.1. The van der Waals surface area contributed by atoms with E-state index in [0.29, 0.717) is 11.3 Å². The van der Waals surface area contributed by atoms with Crippen LogP contribution in [0.3, 0.4) is 0 Å². The quantitative estimate of drug-likeness (QED) is 0.794. The summed E-state index contributed by atoms with van der Waals surface area (Å²) in [5, 5.41) is 9.25. The molecule has 19 heavy (non-hydrogen) atoms. The van der Waals surface area contributed by atoms with Crippen molar-refractivity contribution in [3.63, 3.8) is 0 Å². The van der Waals surface area contributed by atoms with Crippen LogP contribution in [0, 0.1) is 0 Å². The van der Waals surface area contributed by atoms with Crippen LogP contribution in [0.2, 0.25) is 0 Å². The van der Waals surface area contributed by atoms with E-state index in [4.69, 9.17) is 0 Å². The molecule has 1 aromatic carbocycles. The van der Waals surface area contributed by atoms with E-state index in [1.165, 1.54) is 16.9 Å². The molecule has 96 valence electrons. The molecule has 0 spiro atoms. The van der Waals surface area contributed by atoms with Gasteiger partial charge in [0.1, 0.15) is 4.88 Å². The lowest BCUT2D eigenvalue weighted by Gasteiger charge is -2.02. The van der Waals surface area contributed by atoms with Crippen LogP contribution in [0.15, 0.2) is 42.7 Å². The van der Waals surface area contributed by atoms with Crippen molar-refractivity contribution in [1.82, 2.24) is 9.38 Å². The van der Waals surface area contributed by atoms with Gasteiger partial charge in [0, 0.05) is 18.1 Å². The highest BCUT2D eigenvalue weighted by atomic mass is 32.1. The highest BCUT2D eigenvalue weighted by Crippen LogP contribution is 2.23. The van der Waals surface area contributed by atoms with Crippen molar-refractivity contribution in [1.29, 1.82) is 0 Å². The summed E-state index contributed by atoms with van der Waals surface area (Å²) in [4.78, 5) is 16.6. The van der Waals surface area contributed by atoms with Crippen LogP contribution in [0.1, 0.15) is 20.9 Å². The van der Waals surface area contributed by atoms with Gasteiger partial charge >= 0.3 is 5.97 Å². The minimum atomic E-state index is -0.876. The predicted octanol–water partition coefficient (Wildman–Crippen LogP) is 2.88. The molecule has 5 heteroatoms. The molecule has 0 bridgehead atoms. The number of thiazole rings is 1. The predicted molar refractivity (Wildman–Crippen MR) is 73.9 cm³/mol. The second-order valence-corrected chi connectivity index (χ2v) is 5.23. The Balaban J connectivity index is 1.92. The molecule has 0 unspecified atom stereocenters. The van der Waals surface area contributed by atoms with Gasteiger partial charge in [-0.25, -0.2) is 9.78 Å². The number of hydrogen-bond acceptors (Lipinski definition) is 3. The first-order valence-corrected chi connectivity index (χ1v) is 6.79. The maximum absolute atomic E-state index is 11.3. The molecule has 2 heterocycles. The average molecular weight is 272 g/mol. The van der Waals surface area contributed by atoms with Crippen LogP contribution in [0.5, 0.6) is 0 Å². The van der Waals surface area contributed by atoms with Gasteiger partial charge in [-0.05, 0) is 18.4 Å². The van der Waals surface area contributed by atoms with Crippen molar-refractivity contribution in [2.24, 2.45) is 0 Å².